The second-order valence-electron chi connectivity index (χ2n) is 5.29. The van der Waals surface area contributed by atoms with Crippen molar-refractivity contribution >= 4 is 5.91 Å². The van der Waals surface area contributed by atoms with Gasteiger partial charge in [0.05, 0.1) is 0 Å². The molecule has 1 aromatic heterocycles. The second-order valence-corrected chi connectivity index (χ2v) is 5.29. The van der Waals surface area contributed by atoms with E-state index in [9.17, 15) is 9.90 Å². The summed E-state index contributed by atoms with van der Waals surface area (Å²) in [5.41, 5.74) is 0.672. The Labute approximate surface area is 109 Å². The SMILES string of the molecule is CC(C)C(CO)CNC(=O)c1cccn1C(C)C. The highest BCUT2D eigenvalue weighted by atomic mass is 16.3. The molecular weight excluding hydrogens is 228 g/mol. The van der Waals surface area contributed by atoms with Crippen LogP contribution in [0.25, 0.3) is 0 Å². The molecule has 0 aliphatic rings. The van der Waals surface area contributed by atoms with Gasteiger partial charge in [0.15, 0.2) is 0 Å². The lowest BCUT2D eigenvalue weighted by Gasteiger charge is -2.19. The number of hydrogen-bond donors (Lipinski definition) is 2. The number of nitrogens with zero attached hydrogens (tertiary/aromatic N) is 1. The molecule has 0 radical (unpaired) electrons. The molecule has 2 N–H and O–H groups in total. The standard InChI is InChI=1S/C14H24N2O2/c1-10(2)12(9-17)8-15-14(18)13-6-5-7-16(13)11(3)4/h5-7,10-12,17H,8-9H2,1-4H3,(H,15,18). The van der Waals surface area contributed by atoms with Crippen molar-refractivity contribution < 1.29 is 9.90 Å². The fourth-order valence-electron chi connectivity index (χ4n) is 1.86. The zero-order chi connectivity index (χ0) is 13.7. The smallest absolute Gasteiger partial charge is 0.267 e. The number of amides is 1. The fraction of sp³-hybridized carbons (Fsp3) is 0.643. The lowest BCUT2D eigenvalue weighted by molar-refractivity contribution is 0.0920. The van der Waals surface area contributed by atoms with E-state index < -0.39 is 0 Å². The molecule has 1 rings (SSSR count). The summed E-state index contributed by atoms with van der Waals surface area (Å²) in [5.74, 6) is 0.386. The first-order chi connectivity index (χ1) is 8.47. The topological polar surface area (TPSA) is 54.3 Å². The predicted octanol–water partition coefficient (Wildman–Crippen LogP) is 2.06. The van der Waals surface area contributed by atoms with E-state index in [0.29, 0.717) is 18.2 Å². The minimum absolute atomic E-state index is 0.0761. The minimum atomic E-state index is -0.0761. The number of nitrogens with one attached hydrogen (secondary N) is 1. The minimum Gasteiger partial charge on any atom is -0.396 e. The Kier molecular flexibility index (Phi) is 5.41. The van der Waals surface area contributed by atoms with E-state index >= 15 is 0 Å². The third-order valence-corrected chi connectivity index (χ3v) is 3.27. The third kappa shape index (κ3) is 3.60. The average molecular weight is 252 g/mol. The number of aromatic nitrogens is 1. The Morgan fingerprint density at radius 3 is 2.56 bits per heavy atom. The highest BCUT2D eigenvalue weighted by Crippen LogP contribution is 2.12. The molecular formula is C14H24N2O2. The van der Waals surface area contributed by atoms with Gasteiger partial charge in [-0.3, -0.25) is 4.79 Å². The van der Waals surface area contributed by atoms with Gasteiger partial charge in [-0.05, 0) is 31.9 Å². The Bertz CT molecular complexity index is 383. The van der Waals surface area contributed by atoms with Gasteiger partial charge in [-0.15, -0.1) is 0 Å². The summed E-state index contributed by atoms with van der Waals surface area (Å²) in [7, 11) is 0. The first-order valence-corrected chi connectivity index (χ1v) is 6.53. The number of hydrogen-bond acceptors (Lipinski definition) is 2. The lowest BCUT2D eigenvalue weighted by atomic mass is 9.97. The van der Waals surface area contributed by atoms with E-state index in [4.69, 9.17) is 0 Å². The van der Waals surface area contributed by atoms with Crippen molar-refractivity contribution in [3.63, 3.8) is 0 Å². The molecule has 4 heteroatoms. The maximum atomic E-state index is 12.1. The van der Waals surface area contributed by atoms with Crippen LogP contribution in [0.3, 0.4) is 0 Å². The van der Waals surface area contributed by atoms with Crippen molar-refractivity contribution in [2.45, 2.75) is 33.7 Å². The molecule has 1 atom stereocenters. The first-order valence-electron chi connectivity index (χ1n) is 6.53. The molecule has 1 amide bonds. The van der Waals surface area contributed by atoms with Crippen LogP contribution in [0.15, 0.2) is 18.3 Å². The van der Waals surface area contributed by atoms with Gasteiger partial charge in [0.1, 0.15) is 5.69 Å². The van der Waals surface area contributed by atoms with Crippen molar-refractivity contribution in [3.05, 3.63) is 24.0 Å². The van der Waals surface area contributed by atoms with Gasteiger partial charge >= 0.3 is 0 Å². The van der Waals surface area contributed by atoms with Gasteiger partial charge in [0, 0.05) is 31.3 Å². The maximum absolute atomic E-state index is 12.1. The van der Waals surface area contributed by atoms with Crippen LogP contribution in [0.4, 0.5) is 0 Å². The summed E-state index contributed by atoms with van der Waals surface area (Å²) >= 11 is 0. The molecule has 0 fully saturated rings. The Morgan fingerprint density at radius 2 is 2.06 bits per heavy atom. The summed E-state index contributed by atoms with van der Waals surface area (Å²) in [4.78, 5) is 12.1. The van der Waals surface area contributed by atoms with E-state index in [2.05, 4.69) is 5.32 Å². The van der Waals surface area contributed by atoms with Crippen LogP contribution in [0.2, 0.25) is 0 Å². The normalized spacial score (nSPS) is 13.1. The van der Waals surface area contributed by atoms with Crippen LogP contribution < -0.4 is 5.32 Å². The van der Waals surface area contributed by atoms with E-state index in [-0.39, 0.29) is 24.5 Å². The number of carbonyl (C=O) groups excluding carboxylic acids is 1. The molecule has 4 nitrogen and oxygen atoms in total. The molecule has 102 valence electrons. The summed E-state index contributed by atoms with van der Waals surface area (Å²) < 4.78 is 1.94. The number of aliphatic hydroxyl groups excluding tert-OH is 1. The number of rotatable bonds is 6. The summed E-state index contributed by atoms with van der Waals surface area (Å²) in [6.45, 7) is 8.79. The molecule has 1 heterocycles. The van der Waals surface area contributed by atoms with E-state index in [1.807, 2.05) is 50.6 Å². The second kappa shape index (κ2) is 6.59. The first kappa shape index (κ1) is 14.8. The van der Waals surface area contributed by atoms with E-state index in [0.717, 1.165) is 0 Å². The predicted molar refractivity (Wildman–Crippen MR) is 72.6 cm³/mol. The quantitative estimate of drug-likeness (QED) is 0.814. The van der Waals surface area contributed by atoms with Crippen LogP contribution in [0, 0.1) is 11.8 Å². The molecule has 0 saturated heterocycles. The van der Waals surface area contributed by atoms with Gasteiger partial charge < -0.3 is 15.0 Å². The van der Waals surface area contributed by atoms with Gasteiger partial charge in [-0.1, -0.05) is 13.8 Å². The summed E-state index contributed by atoms with van der Waals surface area (Å²) in [6, 6.07) is 3.96. The number of aliphatic hydroxyl groups is 1. The molecule has 1 unspecified atom stereocenters. The number of carbonyl (C=O) groups is 1. The zero-order valence-corrected chi connectivity index (χ0v) is 11.7. The Hall–Kier alpha value is -1.29. The molecule has 0 aliphatic heterocycles. The van der Waals surface area contributed by atoms with Crippen LogP contribution in [-0.2, 0) is 0 Å². The highest BCUT2D eigenvalue weighted by molar-refractivity contribution is 5.92. The van der Waals surface area contributed by atoms with Crippen molar-refractivity contribution in [1.29, 1.82) is 0 Å². The van der Waals surface area contributed by atoms with Crippen molar-refractivity contribution in [2.75, 3.05) is 13.2 Å². The largest absolute Gasteiger partial charge is 0.396 e. The zero-order valence-electron chi connectivity index (χ0n) is 11.7. The van der Waals surface area contributed by atoms with E-state index in [1.54, 1.807) is 0 Å². The van der Waals surface area contributed by atoms with Crippen LogP contribution in [0.5, 0.6) is 0 Å². The molecule has 0 spiro atoms. The van der Waals surface area contributed by atoms with Gasteiger partial charge in [0.25, 0.3) is 5.91 Å². The fourth-order valence-corrected chi connectivity index (χ4v) is 1.86. The molecule has 0 saturated carbocycles. The van der Waals surface area contributed by atoms with Crippen LogP contribution in [0.1, 0.15) is 44.2 Å². The molecule has 0 aromatic carbocycles. The molecule has 0 aliphatic carbocycles. The average Bonchev–Trinajstić information content (AvgIpc) is 2.78. The van der Waals surface area contributed by atoms with Crippen LogP contribution >= 0.6 is 0 Å². The van der Waals surface area contributed by atoms with Gasteiger partial charge in [-0.2, -0.15) is 0 Å². The van der Waals surface area contributed by atoms with Gasteiger partial charge in [0.2, 0.25) is 0 Å². The molecule has 1 aromatic rings. The van der Waals surface area contributed by atoms with Crippen LogP contribution in [-0.4, -0.2) is 28.7 Å². The summed E-state index contributed by atoms with van der Waals surface area (Å²) in [5, 5.41) is 12.1. The highest BCUT2D eigenvalue weighted by Gasteiger charge is 2.16. The van der Waals surface area contributed by atoms with Crippen molar-refractivity contribution in [3.8, 4) is 0 Å². The lowest BCUT2D eigenvalue weighted by Crippen LogP contribution is -2.34. The summed E-state index contributed by atoms with van der Waals surface area (Å²) in [6.07, 6.45) is 1.91. The Morgan fingerprint density at radius 1 is 1.39 bits per heavy atom. The monoisotopic (exact) mass is 252 g/mol. The Balaban J connectivity index is 2.63. The molecule has 18 heavy (non-hydrogen) atoms. The van der Waals surface area contributed by atoms with E-state index in [1.165, 1.54) is 0 Å². The van der Waals surface area contributed by atoms with Crippen molar-refractivity contribution in [1.82, 2.24) is 9.88 Å². The van der Waals surface area contributed by atoms with Gasteiger partial charge in [-0.25, -0.2) is 0 Å². The molecule has 0 bridgehead atoms. The maximum Gasteiger partial charge on any atom is 0.267 e. The third-order valence-electron chi connectivity index (χ3n) is 3.27. The van der Waals surface area contributed by atoms with Crippen molar-refractivity contribution in [2.24, 2.45) is 11.8 Å².